The Hall–Kier alpha value is -2.67. The van der Waals surface area contributed by atoms with Gasteiger partial charge in [-0.2, -0.15) is 0 Å². The van der Waals surface area contributed by atoms with E-state index in [-0.39, 0.29) is 6.04 Å². The molecule has 3 aromatic heterocycles. The molecule has 2 N–H and O–H groups in total. The van der Waals surface area contributed by atoms with E-state index in [2.05, 4.69) is 20.6 Å². The Bertz CT molecular complexity index is 881. The van der Waals surface area contributed by atoms with Crippen molar-refractivity contribution in [2.75, 3.05) is 25.5 Å². The van der Waals surface area contributed by atoms with Crippen molar-refractivity contribution in [3.05, 3.63) is 42.7 Å². The second-order valence-corrected chi connectivity index (χ2v) is 6.11. The van der Waals surface area contributed by atoms with Crippen LogP contribution in [0.5, 0.6) is 5.75 Å². The van der Waals surface area contributed by atoms with E-state index >= 15 is 0 Å². The maximum absolute atomic E-state index is 14.0. The number of anilines is 1. The molecule has 0 aromatic carbocycles. The van der Waals surface area contributed by atoms with Gasteiger partial charge in [0, 0.05) is 18.8 Å². The largest absolute Gasteiger partial charge is 0.497 e. The first-order valence-corrected chi connectivity index (χ1v) is 8.34. The van der Waals surface area contributed by atoms with Crippen LogP contribution in [0.1, 0.15) is 6.42 Å². The van der Waals surface area contributed by atoms with Crippen LogP contribution in [0.15, 0.2) is 42.7 Å². The fraction of sp³-hybridized carbons (Fsp3) is 0.333. The molecule has 2 atom stereocenters. The van der Waals surface area contributed by atoms with Crippen LogP contribution < -0.4 is 15.4 Å². The van der Waals surface area contributed by atoms with E-state index in [0.29, 0.717) is 18.8 Å². The van der Waals surface area contributed by atoms with Gasteiger partial charge >= 0.3 is 0 Å². The number of aromatic nitrogens is 3. The number of hydrogen-bond donors (Lipinski definition) is 2. The van der Waals surface area contributed by atoms with Crippen molar-refractivity contribution < 1.29 is 9.13 Å². The second-order valence-electron chi connectivity index (χ2n) is 6.11. The zero-order chi connectivity index (χ0) is 17.2. The van der Waals surface area contributed by atoms with Gasteiger partial charge in [-0.3, -0.25) is 4.40 Å². The van der Waals surface area contributed by atoms with Crippen molar-refractivity contribution in [3.8, 4) is 17.1 Å². The minimum absolute atomic E-state index is 0.261. The number of halogens is 1. The number of piperidine rings is 1. The number of nitrogens with zero attached hydrogens (tertiary/aromatic N) is 3. The van der Waals surface area contributed by atoms with Gasteiger partial charge in [-0.05, 0) is 31.2 Å². The molecule has 130 valence electrons. The molecule has 1 fully saturated rings. The number of alkyl halides is 1. The first-order chi connectivity index (χ1) is 12.2. The van der Waals surface area contributed by atoms with Crippen molar-refractivity contribution >= 4 is 11.5 Å². The molecule has 0 saturated carbocycles. The first-order valence-electron chi connectivity index (χ1n) is 8.34. The predicted octanol–water partition coefficient (Wildman–Crippen LogP) is 2.52. The molecule has 1 aliphatic rings. The van der Waals surface area contributed by atoms with E-state index < -0.39 is 6.17 Å². The summed E-state index contributed by atoms with van der Waals surface area (Å²) in [6, 6.07) is 9.18. The van der Waals surface area contributed by atoms with E-state index in [0.717, 1.165) is 29.3 Å². The lowest BCUT2D eigenvalue weighted by molar-refractivity contribution is 0.241. The van der Waals surface area contributed by atoms with Gasteiger partial charge in [0.15, 0.2) is 0 Å². The zero-order valence-electron chi connectivity index (χ0n) is 13.9. The summed E-state index contributed by atoms with van der Waals surface area (Å²) < 4.78 is 21.2. The monoisotopic (exact) mass is 341 g/mol. The Morgan fingerprint density at radius 1 is 1.36 bits per heavy atom. The molecule has 0 radical (unpaired) electrons. The van der Waals surface area contributed by atoms with Gasteiger partial charge in [0.05, 0.1) is 30.7 Å². The average Bonchev–Trinajstić information content (AvgIpc) is 3.07. The number of rotatable bonds is 4. The van der Waals surface area contributed by atoms with Crippen LogP contribution in [-0.4, -0.2) is 46.8 Å². The molecular weight excluding hydrogens is 321 g/mol. The van der Waals surface area contributed by atoms with Crippen LogP contribution >= 0.6 is 0 Å². The quantitative estimate of drug-likeness (QED) is 0.763. The van der Waals surface area contributed by atoms with Crippen LogP contribution in [-0.2, 0) is 0 Å². The number of fused-ring (bicyclic) bond motifs is 1. The second kappa shape index (κ2) is 6.68. The van der Waals surface area contributed by atoms with Crippen molar-refractivity contribution in [1.29, 1.82) is 0 Å². The molecule has 2 unspecified atom stereocenters. The normalized spacial score (nSPS) is 20.6. The summed E-state index contributed by atoms with van der Waals surface area (Å²) in [6.45, 7) is 1.32. The van der Waals surface area contributed by atoms with Gasteiger partial charge in [0.1, 0.15) is 23.4 Å². The Labute approximate surface area is 145 Å². The minimum atomic E-state index is -0.866. The molecule has 1 aliphatic heterocycles. The highest BCUT2D eigenvalue weighted by atomic mass is 19.1. The number of pyridine rings is 2. The molecule has 0 spiro atoms. The van der Waals surface area contributed by atoms with E-state index in [9.17, 15) is 4.39 Å². The molecule has 7 heteroatoms. The van der Waals surface area contributed by atoms with Crippen LogP contribution in [0.25, 0.3) is 17.0 Å². The molecule has 1 saturated heterocycles. The van der Waals surface area contributed by atoms with E-state index in [1.807, 2.05) is 40.9 Å². The number of hydrogen-bond acceptors (Lipinski definition) is 5. The highest BCUT2D eigenvalue weighted by molar-refractivity contribution is 5.62. The summed E-state index contributed by atoms with van der Waals surface area (Å²) >= 11 is 0. The molecule has 3 aromatic rings. The lowest BCUT2D eigenvalue weighted by atomic mass is 10.1. The highest BCUT2D eigenvalue weighted by Gasteiger charge is 2.24. The molecule has 25 heavy (non-hydrogen) atoms. The number of methoxy groups -OCH3 is 1. The first kappa shape index (κ1) is 15.8. The maximum Gasteiger partial charge on any atom is 0.140 e. The smallest absolute Gasteiger partial charge is 0.140 e. The van der Waals surface area contributed by atoms with E-state index in [4.69, 9.17) is 4.74 Å². The summed E-state index contributed by atoms with van der Waals surface area (Å²) in [7, 11) is 1.63. The predicted molar refractivity (Wildman–Crippen MR) is 94.8 cm³/mol. The lowest BCUT2D eigenvalue weighted by Gasteiger charge is -2.28. The van der Waals surface area contributed by atoms with Gasteiger partial charge in [-0.25, -0.2) is 14.4 Å². The van der Waals surface area contributed by atoms with Crippen molar-refractivity contribution in [2.45, 2.75) is 18.6 Å². The maximum atomic E-state index is 14.0. The molecule has 4 heterocycles. The average molecular weight is 341 g/mol. The van der Waals surface area contributed by atoms with E-state index in [1.165, 1.54) is 0 Å². The molecular formula is C18H20FN5O. The highest BCUT2D eigenvalue weighted by Crippen LogP contribution is 2.23. The van der Waals surface area contributed by atoms with Crippen molar-refractivity contribution in [2.24, 2.45) is 0 Å². The van der Waals surface area contributed by atoms with Gasteiger partial charge in [0.25, 0.3) is 0 Å². The van der Waals surface area contributed by atoms with Gasteiger partial charge in [-0.1, -0.05) is 6.07 Å². The summed E-state index contributed by atoms with van der Waals surface area (Å²) in [5.74, 6) is 1.42. The minimum Gasteiger partial charge on any atom is -0.497 e. The molecule has 6 nitrogen and oxygen atoms in total. The third kappa shape index (κ3) is 3.15. The van der Waals surface area contributed by atoms with Crippen molar-refractivity contribution in [1.82, 2.24) is 19.7 Å². The van der Waals surface area contributed by atoms with E-state index in [1.54, 1.807) is 13.3 Å². The van der Waals surface area contributed by atoms with Crippen LogP contribution in [0.4, 0.5) is 10.2 Å². The lowest BCUT2D eigenvalue weighted by Crippen LogP contribution is -2.46. The van der Waals surface area contributed by atoms with Crippen LogP contribution in [0, 0.1) is 0 Å². The number of nitrogens with one attached hydrogen (secondary N) is 2. The summed E-state index contributed by atoms with van der Waals surface area (Å²) in [5.41, 5.74) is 2.44. The number of imidazole rings is 1. The fourth-order valence-corrected chi connectivity index (χ4v) is 3.09. The Morgan fingerprint density at radius 2 is 2.28 bits per heavy atom. The van der Waals surface area contributed by atoms with Gasteiger partial charge < -0.3 is 15.4 Å². The van der Waals surface area contributed by atoms with Crippen LogP contribution in [0.2, 0.25) is 0 Å². The van der Waals surface area contributed by atoms with Crippen LogP contribution in [0.3, 0.4) is 0 Å². The molecule has 0 amide bonds. The third-order valence-corrected chi connectivity index (χ3v) is 4.46. The Balaban J connectivity index is 1.63. The van der Waals surface area contributed by atoms with Gasteiger partial charge in [-0.15, -0.1) is 0 Å². The summed E-state index contributed by atoms with van der Waals surface area (Å²) in [6.07, 6.45) is 3.34. The zero-order valence-corrected chi connectivity index (χ0v) is 13.9. The topological polar surface area (TPSA) is 63.5 Å². The molecule has 0 bridgehead atoms. The van der Waals surface area contributed by atoms with Gasteiger partial charge in [0.2, 0.25) is 0 Å². The Kier molecular flexibility index (Phi) is 4.23. The SMILES string of the molecule is COc1ccn2c(-c3cccc(NC4CNCCC4F)n3)cnc2c1. The summed E-state index contributed by atoms with van der Waals surface area (Å²) in [4.78, 5) is 9.05. The number of ether oxygens (including phenoxy) is 1. The summed E-state index contributed by atoms with van der Waals surface area (Å²) in [5, 5.41) is 6.41. The molecule has 4 rings (SSSR count). The van der Waals surface area contributed by atoms with Crippen molar-refractivity contribution in [3.63, 3.8) is 0 Å². The molecule has 0 aliphatic carbocycles. The third-order valence-electron chi connectivity index (χ3n) is 4.46. The fourth-order valence-electron chi connectivity index (χ4n) is 3.09. The Morgan fingerprint density at radius 3 is 3.12 bits per heavy atom. The standard InChI is InChI=1S/C18H20FN5O/c1-25-12-6-8-24-16(11-21-18(24)9-12)14-3-2-4-17(22-14)23-15-10-20-7-5-13(15)19/h2-4,6,8-9,11,13,15,20H,5,7,10H2,1H3,(H,22,23).